The van der Waals surface area contributed by atoms with Gasteiger partial charge in [-0.3, -0.25) is 14.7 Å². The van der Waals surface area contributed by atoms with Gasteiger partial charge >= 0.3 is 0 Å². The molecule has 1 fully saturated rings. The van der Waals surface area contributed by atoms with Crippen LogP contribution in [0.3, 0.4) is 0 Å². The third-order valence-corrected chi connectivity index (χ3v) is 4.14. The fraction of sp³-hybridized carbons (Fsp3) is 0.333. The second-order valence-corrected chi connectivity index (χ2v) is 5.92. The first kappa shape index (κ1) is 21.4. The topological polar surface area (TPSA) is 71.2 Å². The first-order valence-corrected chi connectivity index (χ1v) is 7.97. The van der Waals surface area contributed by atoms with E-state index in [1.165, 1.54) is 5.56 Å². The van der Waals surface area contributed by atoms with E-state index in [0.29, 0.717) is 12.1 Å². The van der Waals surface area contributed by atoms with Crippen LogP contribution in [-0.4, -0.2) is 34.9 Å². The van der Waals surface area contributed by atoms with Crippen LogP contribution < -0.4 is 11.1 Å². The van der Waals surface area contributed by atoms with E-state index in [-0.39, 0.29) is 36.8 Å². The number of carbonyl (C=O) groups excluding carboxylic acids is 1. The Kier molecular flexibility index (Phi) is 8.86. The van der Waals surface area contributed by atoms with Gasteiger partial charge in [0, 0.05) is 44.0 Å². The molecule has 0 aliphatic carbocycles. The Morgan fingerprint density at radius 1 is 1.24 bits per heavy atom. The highest BCUT2D eigenvalue weighted by atomic mass is 35.5. The fourth-order valence-electron chi connectivity index (χ4n) is 2.94. The van der Waals surface area contributed by atoms with Crippen LogP contribution in [-0.2, 0) is 13.1 Å². The van der Waals surface area contributed by atoms with E-state index in [1.54, 1.807) is 18.3 Å². The number of carbonyl (C=O) groups is 1. The Bertz CT molecular complexity index is 669. The first-order valence-electron chi connectivity index (χ1n) is 7.97. The Morgan fingerprint density at radius 3 is 2.72 bits per heavy atom. The Labute approximate surface area is 160 Å². The molecule has 0 bridgehead atoms. The van der Waals surface area contributed by atoms with Crippen LogP contribution in [0.4, 0.5) is 0 Å². The van der Waals surface area contributed by atoms with Gasteiger partial charge in [-0.15, -0.1) is 24.8 Å². The minimum absolute atomic E-state index is 0. The molecule has 1 aromatic carbocycles. The van der Waals surface area contributed by atoms with E-state index in [9.17, 15) is 4.79 Å². The summed E-state index contributed by atoms with van der Waals surface area (Å²) in [6, 6.07) is 14.1. The Hall–Kier alpha value is -1.66. The zero-order valence-electron chi connectivity index (χ0n) is 13.9. The first-order chi connectivity index (χ1) is 11.2. The van der Waals surface area contributed by atoms with Crippen molar-refractivity contribution < 1.29 is 4.79 Å². The quantitative estimate of drug-likeness (QED) is 0.832. The zero-order chi connectivity index (χ0) is 16.1. The Morgan fingerprint density at radius 2 is 2.00 bits per heavy atom. The highest BCUT2D eigenvalue weighted by molar-refractivity contribution is 5.94. The van der Waals surface area contributed by atoms with Gasteiger partial charge in [-0.25, -0.2) is 0 Å². The summed E-state index contributed by atoms with van der Waals surface area (Å²) >= 11 is 0. The molecule has 1 aliphatic heterocycles. The molecule has 1 amide bonds. The molecule has 5 nitrogen and oxygen atoms in total. The average Bonchev–Trinajstić information content (AvgIpc) is 3.02. The van der Waals surface area contributed by atoms with Gasteiger partial charge in [0.25, 0.3) is 5.91 Å². The van der Waals surface area contributed by atoms with Gasteiger partial charge in [0.15, 0.2) is 0 Å². The maximum atomic E-state index is 12.3. The van der Waals surface area contributed by atoms with Crippen LogP contribution in [0.5, 0.6) is 0 Å². The van der Waals surface area contributed by atoms with Gasteiger partial charge < -0.3 is 11.1 Å². The molecule has 3 rings (SSSR count). The maximum Gasteiger partial charge on any atom is 0.251 e. The van der Waals surface area contributed by atoms with Gasteiger partial charge in [-0.2, -0.15) is 0 Å². The summed E-state index contributed by atoms with van der Waals surface area (Å²) < 4.78 is 0. The van der Waals surface area contributed by atoms with Crippen molar-refractivity contribution in [3.63, 3.8) is 0 Å². The summed E-state index contributed by atoms with van der Waals surface area (Å²) in [6.45, 7) is 3.16. The predicted molar refractivity (Wildman–Crippen MR) is 104 cm³/mol. The molecule has 1 saturated heterocycles. The minimum atomic E-state index is -0.0475. The molecule has 0 radical (unpaired) electrons. The predicted octanol–water partition coefficient (Wildman–Crippen LogP) is 2.39. The van der Waals surface area contributed by atoms with E-state index >= 15 is 0 Å². The van der Waals surface area contributed by atoms with Crippen LogP contribution in [0.2, 0.25) is 0 Å². The summed E-state index contributed by atoms with van der Waals surface area (Å²) in [5.74, 6) is -0.0475. The molecule has 0 spiro atoms. The van der Waals surface area contributed by atoms with Crippen molar-refractivity contribution in [1.29, 1.82) is 0 Å². The van der Waals surface area contributed by atoms with Crippen molar-refractivity contribution in [1.82, 2.24) is 15.2 Å². The van der Waals surface area contributed by atoms with Crippen molar-refractivity contribution in [2.24, 2.45) is 5.73 Å². The lowest BCUT2D eigenvalue weighted by Gasteiger charge is -2.17. The van der Waals surface area contributed by atoms with Crippen LogP contribution in [0.1, 0.15) is 28.0 Å². The zero-order valence-corrected chi connectivity index (χ0v) is 15.6. The number of halogens is 2. The van der Waals surface area contributed by atoms with Crippen LogP contribution >= 0.6 is 24.8 Å². The maximum absolute atomic E-state index is 12.3. The number of hydrogen-bond acceptors (Lipinski definition) is 4. The molecule has 3 N–H and O–H groups in total. The summed E-state index contributed by atoms with van der Waals surface area (Å²) in [5.41, 5.74) is 8.24. The molecule has 2 aromatic rings. The molecule has 1 aliphatic rings. The third kappa shape index (κ3) is 5.97. The minimum Gasteiger partial charge on any atom is -0.348 e. The van der Waals surface area contributed by atoms with E-state index in [2.05, 4.69) is 39.5 Å². The number of aromatic nitrogens is 1. The van der Waals surface area contributed by atoms with E-state index < -0.39 is 0 Å². The molecule has 1 atom stereocenters. The lowest BCUT2D eigenvalue weighted by molar-refractivity contribution is 0.0937. The SMILES string of the molecule is Cl.Cl.NCc1cc(C(=O)NC2CCN(Cc3ccccc3)C2)ccn1. The van der Waals surface area contributed by atoms with Gasteiger partial charge in [0.1, 0.15) is 0 Å². The summed E-state index contributed by atoms with van der Waals surface area (Å²) in [6.07, 6.45) is 2.61. The highest BCUT2D eigenvalue weighted by Crippen LogP contribution is 2.14. The molecular weight excluding hydrogens is 359 g/mol. The summed E-state index contributed by atoms with van der Waals surface area (Å²) in [5, 5.41) is 3.11. The van der Waals surface area contributed by atoms with Crippen LogP contribution in [0.15, 0.2) is 48.7 Å². The normalized spacial score (nSPS) is 16.6. The average molecular weight is 383 g/mol. The number of benzene rings is 1. The van der Waals surface area contributed by atoms with Crippen molar-refractivity contribution in [3.8, 4) is 0 Å². The standard InChI is InChI=1S/C18H22N4O.2ClH/c19-11-17-10-15(6-8-20-17)18(23)21-16-7-9-22(13-16)12-14-4-2-1-3-5-14;;/h1-6,8,10,16H,7,9,11-13,19H2,(H,21,23);2*1H. The number of nitrogens with zero attached hydrogens (tertiary/aromatic N) is 2. The number of likely N-dealkylation sites (tertiary alicyclic amines) is 1. The summed E-state index contributed by atoms with van der Waals surface area (Å²) in [4.78, 5) is 18.8. The number of nitrogens with two attached hydrogens (primary N) is 1. The third-order valence-electron chi connectivity index (χ3n) is 4.14. The molecule has 0 saturated carbocycles. The lowest BCUT2D eigenvalue weighted by atomic mass is 10.2. The van der Waals surface area contributed by atoms with Crippen molar-refractivity contribution in [3.05, 3.63) is 65.5 Å². The van der Waals surface area contributed by atoms with E-state index in [0.717, 1.165) is 31.7 Å². The summed E-state index contributed by atoms with van der Waals surface area (Å²) in [7, 11) is 0. The largest absolute Gasteiger partial charge is 0.348 e. The Balaban J connectivity index is 0.00000156. The van der Waals surface area contributed by atoms with E-state index in [4.69, 9.17) is 5.73 Å². The monoisotopic (exact) mass is 382 g/mol. The van der Waals surface area contributed by atoms with Crippen molar-refractivity contribution in [2.45, 2.75) is 25.6 Å². The lowest BCUT2D eigenvalue weighted by Crippen LogP contribution is -2.37. The number of rotatable bonds is 5. The van der Waals surface area contributed by atoms with Gasteiger partial charge in [-0.05, 0) is 24.1 Å². The number of hydrogen-bond donors (Lipinski definition) is 2. The number of pyridine rings is 1. The van der Waals surface area contributed by atoms with Gasteiger partial charge in [-0.1, -0.05) is 30.3 Å². The molecule has 25 heavy (non-hydrogen) atoms. The molecule has 7 heteroatoms. The molecule has 1 aromatic heterocycles. The van der Waals surface area contributed by atoms with E-state index in [1.807, 2.05) is 6.07 Å². The number of nitrogens with one attached hydrogen (secondary N) is 1. The second-order valence-electron chi connectivity index (χ2n) is 5.92. The van der Waals surface area contributed by atoms with Gasteiger partial charge in [0.2, 0.25) is 0 Å². The smallest absolute Gasteiger partial charge is 0.251 e. The fourth-order valence-corrected chi connectivity index (χ4v) is 2.94. The number of amides is 1. The molecule has 1 unspecified atom stereocenters. The molecule has 2 heterocycles. The second kappa shape index (κ2) is 10.4. The van der Waals surface area contributed by atoms with Crippen molar-refractivity contribution in [2.75, 3.05) is 13.1 Å². The van der Waals surface area contributed by atoms with Crippen LogP contribution in [0, 0.1) is 0 Å². The highest BCUT2D eigenvalue weighted by Gasteiger charge is 2.24. The molecular formula is C18H24Cl2N4O. The van der Waals surface area contributed by atoms with Crippen LogP contribution in [0.25, 0.3) is 0 Å². The van der Waals surface area contributed by atoms with Gasteiger partial charge in [0.05, 0.1) is 5.69 Å². The molecule has 136 valence electrons. The van der Waals surface area contributed by atoms with Crippen molar-refractivity contribution >= 4 is 30.7 Å².